The van der Waals surface area contributed by atoms with Gasteiger partial charge < -0.3 is 4.74 Å². The Labute approximate surface area is 94.0 Å². The molecule has 0 atom stereocenters. The standard InChI is InChI=1S/C11H14N4O/c1-8(2)11-12-13-14-15(11)9-5-4-6-10(7-9)16-3/h4-8H,1-3H3. The summed E-state index contributed by atoms with van der Waals surface area (Å²) in [7, 11) is 1.64. The topological polar surface area (TPSA) is 52.8 Å². The van der Waals surface area contributed by atoms with Gasteiger partial charge in [-0.2, -0.15) is 4.68 Å². The minimum absolute atomic E-state index is 0.279. The number of tetrazole rings is 1. The van der Waals surface area contributed by atoms with Gasteiger partial charge >= 0.3 is 0 Å². The lowest BCUT2D eigenvalue weighted by molar-refractivity contribution is 0.414. The van der Waals surface area contributed by atoms with Gasteiger partial charge in [0.2, 0.25) is 0 Å². The highest BCUT2D eigenvalue weighted by Gasteiger charge is 2.11. The van der Waals surface area contributed by atoms with Crippen molar-refractivity contribution in [3.63, 3.8) is 0 Å². The highest BCUT2D eigenvalue weighted by Crippen LogP contribution is 2.19. The van der Waals surface area contributed by atoms with Crippen molar-refractivity contribution in [1.29, 1.82) is 0 Å². The fraction of sp³-hybridized carbons (Fsp3) is 0.364. The lowest BCUT2D eigenvalue weighted by Crippen LogP contribution is -2.04. The van der Waals surface area contributed by atoms with Gasteiger partial charge in [0, 0.05) is 12.0 Å². The average molecular weight is 218 g/mol. The summed E-state index contributed by atoms with van der Waals surface area (Å²) >= 11 is 0. The van der Waals surface area contributed by atoms with Crippen LogP contribution in [0.2, 0.25) is 0 Å². The molecule has 1 aromatic heterocycles. The zero-order chi connectivity index (χ0) is 11.5. The van der Waals surface area contributed by atoms with Crippen molar-refractivity contribution in [2.75, 3.05) is 7.11 Å². The molecule has 1 heterocycles. The van der Waals surface area contributed by atoms with Crippen LogP contribution >= 0.6 is 0 Å². The van der Waals surface area contributed by atoms with Crippen molar-refractivity contribution in [1.82, 2.24) is 20.2 Å². The average Bonchev–Trinajstić information content (AvgIpc) is 2.78. The van der Waals surface area contributed by atoms with Crippen LogP contribution in [0.25, 0.3) is 5.69 Å². The van der Waals surface area contributed by atoms with Crippen molar-refractivity contribution in [2.45, 2.75) is 19.8 Å². The molecule has 5 nitrogen and oxygen atoms in total. The summed E-state index contributed by atoms with van der Waals surface area (Å²) in [6, 6.07) is 7.66. The van der Waals surface area contributed by atoms with Crippen LogP contribution < -0.4 is 4.74 Å². The van der Waals surface area contributed by atoms with E-state index in [1.165, 1.54) is 0 Å². The Bertz CT molecular complexity index is 478. The van der Waals surface area contributed by atoms with Gasteiger partial charge in [0.05, 0.1) is 12.8 Å². The Hall–Kier alpha value is -1.91. The van der Waals surface area contributed by atoms with Gasteiger partial charge in [0.1, 0.15) is 5.75 Å². The first kappa shape index (κ1) is 10.6. The Morgan fingerprint density at radius 2 is 2.12 bits per heavy atom. The second kappa shape index (κ2) is 4.30. The smallest absolute Gasteiger partial charge is 0.159 e. The zero-order valence-corrected chi connectivity index (χ0v) is 9.58. The first-order valence-electron chi connectivity index (χ1n) is 5.15. The predicted molar refractivity (Wildman–Crippen MR) is 59.8 cm³/mol. The van der Waals surface area contributed by atoms with Crippen LogP contribution in [-0.4, -0.2) is 27.3 Å². The van der Waals surface area contributed by atoms with E-state index in [4.69, 9.17) is 4.74 Å². The molecule has 0 aliphatic heterocycles. The van der Waals surface area contributed by atoms with Crippen molar-refractivity contribution in [3.05, 3.63) is 30.1 Å². The molecule has 16 heavy (non-hydrogen) atoms. The van der Waals surface area contributed by atoms with E-state index in [2.05, 4.69) is 29.4 Å². The summed E-state index contributed by atoms with van der Waals surface area (Å²) < 4.78 is 6.90. The second-order valence-electron chi connectivity index (χ2n) is 3.81. The molecule has 2 aromatic rings. The molecule has 84 valence electrons. The zero-order valence-electron chi connectivity index (χ0n) is 9.58. The van der Waals surface area contributed by atoms with Gasteiger partial charge in [-0.3, -0.25) is 0 Å². The normalized spacial score (nSPS) is 10.8. The summed E-state index contributed by atoms with van der Waals surface area (Å²) in [4.78, 5) is 0. The van der Waals surface area contributed by atoms with E-state index in [9.17, 15) is 0 Å². The maximum Gasteiger partial charge on any atom is 0.159 e. The van der Waals surface area contributed by atoms with Gasteiger partial charge in [-0.05, 0) is 22.6 Å². The molecule has 0 saturated carbocycles. The maximum atomic E-state index is 5.17. The number of aromatic nitrogens is 4. The number of ether oxygens (including phenoxy) is 1. The Balaban J connectivity index is 2.46. The van der Waals surface area contributed by atoms with E-state index in [0.717, 1.165) is 17.3 Å². The lowest BCUT2D eigenvalue weighted by Gasteiger charge is -2.07. The summed E-state index contributed by atoms with van der Waals surface area (Å²) in [5, 5.41) is 11.7. The van der Waals surface area contributed by atoms with Crippen molar-refractivity contribution in [2.24, 2.45) is 0 Å². The molecule has 5 heteroatoms. The third kappa shape index (κ3) is 1.88. The molecule has 0 unspecified atom stereocenters. The van der Waals surface area contributed by atoms with Gasteiger partial charge in [0.15, 0.2) is 5.82 Å². The Morgan fingerprint density at radius 3 is 2.81 bits per heavy atom. The van der Waals surface area contributed by atoms with Crippen LogP contribution in [0, 0.1) is 0 Å². The number of hydrogen-bond acceptors (Lipinski definition) is 4. The van der Waals surface area contributed by atoms with Crippen molar-refractivity contribution >= 4 is 0 Å². The van der Waals surface area contributed by atoms with Crippen LogP contribution in [0.5, 0.6) is 5.75 Å². The molecule has 0 aliphatic carbocycles. The molecular weight excluding hydrogens is 204 g/mol. The largest absolute Gasteiger partial charge is 0.497 e. The minimum atomic E-state index is 0.279. The second-order valence-corrected chi connectivity index (χ2v) is 3.81. The molecule has 0 N–H and O–H groups in total. The van der Waals surface area contributed by atoms with Crippen molar-refractivity contribution in [3.8, 4) is 11.4 Å². The summed E-state index contributed by atoms with van der Waals surface area (Å²) in [6.45, 7) is 4.12. The molecule has 0 fully saturated rings. The van der Waals surface area contributed by atoms with E-state index in [1.54, 1.807) is 11.8 Å². The lowest BCUT2D eigenvalue weighted by atomic mass is 10.2. The number of rotatable bonds is 3. The van der Waals surface area contributed by atoms with Crippen LogP contribution in [-0.2, 0) is 0 Å². The van der Waals surface area contributed by atoms with Gasteiger partial charge in [-0.15, -0.1) is 5.10 Å². The SMILES string of the molecule is COc1cccc(-n2nnnc2C(C)C)c1. The third-order valence-corrected chi connectivity index (χ3v) is 2.31. The number of methoxy groups -OCH3 is 1. The Morgan fingerprint density at radius 1 is 1.31 bits per heavy atom. The minimum Gasteiger partial charge on any atom is -0.497 e. The molecule has 1 aromatic carbocycles. The molecule has 0 spiro atoms. The van der Waals surface area contributed by atoms with E-state index < -0.39 is 0 Å². The molecule has 2 rings (SSSR count). The molecular formula is C11H14N4O. The highest BCUT2D eigenvalue weighted by molar-refractivity contribution is 5.38. The van der Waals surface area contributed by atoms with E-state index in [1.807, 2.05) is 24.3 Å². The first-order valence-corrected chi connectivity index (χ1v) is 5.15. The van der Waals surface area contributed by atoms with Crippen LogP contribution in [0.15, 0.2) is 24.3 Å². The highest BCUT2D eigenvalue weighted by atomic mass is 16.5. The van der Waals surface area contributed by atoms with Gasteiger partial charge in [-0.25, -0.2) is 0 Å². The molecule has 0 radical (unpaired) electrons. The monoisotopic (exact) mass is 218 g/mol. The van der Waals surface area contributed by atoms with Gasteiger partial charge in [-0.1, -0.05) is 19.9 Å². The Kier molecular flexibility index (Phi) is 2.85. The number of nitrogens with zero attached hydrogens (tertiary/aromatic N) is 4. The summed E-state index contributed by atoms with van der Waals surface area (Å²) in [5.74, 6) is 1.91. The van der Waals surface area contributed by atoms with Crippen molar-refractivity contribution < 1.29 is 4.74 Å². The summed E-state index contributed by atoms with van der Waals surface area (Å²) in [6.07, 6.45) is 0. The van der Waals surface area contributed by atoms with Gasteiger partial charge in [0.25, 0.3) is 0 Å². The quantitative estimate of drug-likeness (QED) is 0.788. The number of hydrogen-bond donors (Lipinski definition) is 0. The third-order valence-electron chi connectivity index (χ3n) is 2.31. The molecule has 0 bridgehead atoms. The maximum absolute atomic E-state index is 5.17. The fourth-order valence-electron chi connectivity index (χ4n) is 1.48. The molecule has 0 aliphatic rings. The molecule has 0 amide bonds. The van der Waals surface area contributed by atoms with E-state index in [0.29, 0.717) is 0 Å². The summed E-state index contributed by atoms with van der Waals surface area (Å²) in [5.41, 5.74) is 0.910. The molecule has 0 saturated heterocycles. The predicted octanol–water partition coefficient (Wildman–Crippen LogP) is 1.79. The van der Waals surface area contributed by atoms with Crippen LogP contribution in [0.3, 0.4) is 0 Å². The van der Waals surface area contributed by atoms with Crippen LogP contribution in [0.1, 0.15) is 25.6 Å². The van der Waals surface area contributed by atoms with Crippen LogP contribution in [0.4, 0.5) is 0 Å². The van der Waals surface area contributed by atoms with E-state index >= 15 is 0 Å². The first-order chi connectivity index (χ1) is 7.72. The number of benzene rings is 1. The van der Waals surface area contributed by atoms with E-state index in [-0.39, 0.29) is 5.92 Å². The fourth-order valence-corrected chi connectivity index (χ4v) is 1.48.